The molecule has 110 valence electrons. The Morgan fingerprint density at radius 3 is 2.76 bits per heavy atom. The molecule has 0 spiro atoms. The smallest absolute Gasteiger partial charge is 0.231 e. The molecule has 0 unspecified atom stereocenters. The third-order valence-electron chi connectivity index (χ3n) is 3.35. The van der Waals surface area contributed by atoms with Crippen molar-refractivity contribution in [3.63, 3.8) is 0 Å². The number of aromatic nitrogens is 5. The van der Waals surface area contributed by atoms with Crippen molar-refractivity contribution in [1.82, 2.24) is 24.9 Å². The van der Waals surface area contributed by atoms with Crippen LogP contribution in [0.5, 0.6) is 0 Å². The van der Waals surface area contributed by atoms with Gasteiger partial charge in [0.1, 0.15) is 6.33 Å². The highest BCUT2D eigenvalue weighted by molar-refractivity contribution is 5.42. The van der Waals surface area contributed by atoms with Gasteiger partial charge in [0.25, 0.3) is 0 Å². The van der Waals surface area contributed by atoms with Gasteiger partial charge >= 0.3 is 0 Å². The zero-order chi connectivity index (χ0) is 14.5. The first-order chi connectivity index (χ1) is 10.3. The van der Waals surface area contributed by atoms with Gasteiger partial charge in [-0.1, -0.05) is 0 Å². The lowest BCUT2D eigenvalue weighted by molar-refractivity contribution is 0.568. The summed E-state index contributed by atoms with van der Waals surface area (Å²) in [7, 11) is 0. The van der Waals surface area contributed by atoms with Gasteiger partial charge in [0, 0.05) is 19.3 Å². The molecule has 1 aliphatic rings. The number of nitrogens with one attached hydrogen (secondary N) is 1. The van der Waals surface area contributed by atoms with Gasteiger partial charge < -0.3 is 16.0 Å². The Hall–Kier alpha value is -2.51. The fourth-order valence-electron chi connectivity index (χ4n) is 2.29. The highest BCUT2D eigenvalue weighted by Crippen LogP contribution is 2.17. The van der Waals surface area contributed by atoms with Crippen molar-refractivity contribution in [3.8, 4) is 0 Å². The Kier molecular flexibility index (Phi) is 4.04. The van der Waals surface area contributed by atoms with Gasteiger partial charge in [-0.25, -0.2) is 9.97 Å². The van der Waals surface area contributed by atoms with E-state index in [2.05, 4.69) is 35.1 Å². The van der Waals surface area contributed by atoms with Gasteiger partial charge in [-0.15, -0.1) is 0 Å². The van der Waals surface area contributed by atoms with Crippen LogP contribution < -0.4 is 16.0 Å². The molecule has 0 aliphatic carbocycles. The van der Waals surface area contributed by atoms with E-state index in [0.29, 0.717) is 18.4 Å². The van der Waals surface area contributed by atoms with Crippen LogP contribution >= 0.6 is 0 Å². The fourth-order valence-corrected chi connectivity index (χ4v) is 2.29. The second-order valence-electron chi connectivity index (χ2n) is 4.92. The Bertz CT molecular complexity index is 582. The summed E-state index contributed by atoms with van der Waals surface area (Å²) in [6.45, 7) is 2.45. The van der Waals surface area contributed by atoms with Crippen molar-refractivity contribution < 1.29 is 0 Å². The van der Waals surface area contributed by atoms with Crippen molar-refractivity contribution in [3.05, 3.63) is 24.3 Å². The van der Waals surface area contributed by atoms with Crippen LogP contribution in [0.4, 0.5) is 17.8 Å². The summed E-state index contributed by atoms with van der Waals surface area (Å²) >= 11 is 0. The van der Waals surface area contributed by atoms with Crippen LogP contribution in [-0.2, 0) is 6.54 Å². The quantitative estimate of drug-likeness (QED) is 0.852. The summed E-state index contributed by atoms with van der Waals surface area (Å²) in [4.78, 5) is 23.0. The second kappa shape index (κ2) is 6.29. The third-order valence-corrected chi connectivity index (χ3v) is 3.35. The highest BCUT2D eigenvalue weighted by atomic mass is 15.3. The largest absolute Gasteiger partial charge is 0.368 e. The Morgan fingerprint density at radius 1 is 1.14 bits per heavy atom. The number of piperidine rings is 1. The summed E-state index contributed by atoms with van der Waals surface area (Å²) in [5.41, 5.74) is 6.64. The minimum absolute atomic E-state index is 0.232. The van der Waals surface area contributed by atoms with E-state index in [1.807, 2.05) is 6.07 Å². The summed E-state index contributed by atoms with van der Waals surface area (Å²) in [5, 5.41) is 3.12. The van der Waals surface area contributed by atoms with Crippen molar-refractivity contribution in [2.75, 3.05) is 29.0 Å². The predicted octanol–water partition coefficient (Wildman–Crippen LogP) is 0.846. The SMILES string of the molecule is Nc1nc(NCc2ccncn2)nc(N2CCCCC2)n1. The molecule has 2 aromatic rings. The van der Waals surface area contributed by atoms with Gasteiger partial charge in [-0.3, -0.25) is 0 Å². The van der Waals surface area contributed by atoms with Crippen LogP contribution in [0.3, 0.4) is 0 Å². The van der Waals surface area contributed by atoms with E-state index in [1.165, 1.54) is 12.7 Å². The summed E-state index contributed by atoms with van der Waals surface area (Å²) in [6, 6.07) is 1.84. The standard InChI is InChI=1S/C13H18N8/c14-11-18-12(16-8-10-4-5-15-9-17-10)20-13(19-11)21-6-2-1-3-7-21/h4-5,9H,1-3,6-8H2,(H3,14,16,18,19,20). The number of nitrogen functional groups attached to an aromatic ring is 1. The fraction of sp³-hybridized carbons (Fsp3) is 0.462. The first kappa shape index (κ1) is 13.5. The second-order valence-corrected chi connectivity index (χ2v) is 4.92. The molecule has 0 bridgehead atoms. The topological polar surface area (TPSA) is 106 Å². The number of rotatable bonds is 4. The van der Waals surface area contributed by atoms with Crippen molar-refractivity contribution in [1.29, 1.82) is 0 Å². The van der Waals surface area contributed by atoms with Crippen molar-refractivity contribution >= 4 is 17.8 Å². The summed E-state index contributed by atoms with van der Waals surface area (Å²) in [6.07, 6.45) is 6.79. The van der Waals surface area contributed by atoms with E-state index in [4.69, 9.17) is 5.73 Å². The maximum absolute atomic E-state index is 5.78. The van der Waals surface area contributed by atoms with Crippen LogP contribution in [0.15, 0.2) is 18.6 Å². The van der Waals surface area contributed by atoms with E-state index < -0.39 is 0 Å². The molecule has 3 rings (SSSR count). The molecule has 1 saturated heterocycles. The summed E-state index contributed by atoms with van der Waals surface area (Å²) in [5.74, 6) is 1.35. The molecule has 0 atom stereocenters. The van der Waals surface area contributed by atoms with Gasteiger partial charge in [0.05, 0.1) is 12.2 Å². The van der Waals surface area contributed by atoms with Crippen LogP contribution in [0.1, 0.15) is 25.0 Å². The zero-order valence-electron chi connectivity index (χ0n) is 11.7. The van der Waals surface area contributed by atoms with Crippen LogP contribution in [0, 0.1) is 0 Å². The van der Waals surface area contributed by atoms with E-state index >= 15 is 0 Å². The Balaban J connectivity index is 1.71. The molecule has 0 aromatic carbocycles. The molecule has 1 aliphatic heterocycles. The van der Waals surface area contributed by atoms with Crippen LogP contribution in [0.2, 0.25) is 0 Å². The first-order valence-electron chi connectivity index (χ1n) is 7.06. The molecule has 0 amide bonds. The van der Waals surface area contributed by atoms with Gasteiger partial charge in [-0.2, -0.15) is 15.0 Å². The molecule has 8 nitrogen and oxygen atoms in total. The van der Waals surface area contributed by atoms with Gasteiger partial charge in [0.15, 0.2) is 0 Å². The molecule has 2 aromatic heterocycles. The molecule has 3 heterocycles. The molecule has 1 fully saturated rings. The molecular formula is C13H18N8. The highest BCUT2D eigenvalue weighted by Gasteiger charge is 2.15. The number of nitrogens with zero attached hydrogens (tertiary/aromatic N) is 6. The third kappa shape index (κ3) is 3.53. The van der Waals surface area contributed by atoms with E-state index in [1.54, 1.807) is 6.20 Å². The van der Waals surface area contributed by atoms with Crippen molar-refractivity contribution in [2.45, 2.75) is 25.8 Å². The maximum atomic E-state index is 5.78. The number of hydrogen-bond donors (Lipinski definition) is 2. The molecule has 0 saturated carbocycles. The Morgan fingerprint density at radius 2 is 2.00 bits per heavy atom. The number of hydrogen-bond acceptors (Lipinski definition) is 8. The number of anilines is 3. The zero-order valence-corrected chi connectivity index (χ0v) is 11.7. The minimum atomic E-state index is 0.232. The van der Waals surface area contributed by atoms with E-state index in [0.717, 1.165) is 31.6 Å². The van der Waals surface area contributed by atoms with Crippen molar-refractivity contribution in [2.24, 2.45) is 0 Å². The molecule has 3 N–H and O–H groups in total. The van der Waals surface area contributed by atoms with Crippen LogP contribution in [-0.4, -0.2) is 38.0 Å². The van der Waals surface area contributed by atoms with Crippen LogP contribution in [0.25, 0.3) is 0 Å². The minimum Gasteiger partial charge on any atom is -0.368 e. The lowest BCUT2D eigenvalue weighted by Gasteiger charge is -2.26. The first-order valence-corrected chi connectivity index (χ1v) is 7.06. The normalized spacial score (nSPS) is 15.0. The monoisotopic (exact) mass is 286 g/mol. The van der Waals surface area contributed by atoms with E-state index in [9.17, 15) is 0 Å². The lowest BCUT2D eigenvalue weighted by atomic mass is 10.1. The molecular weight excluding hydrogens is 268 g/mol. The molecule has 21 heavy (non-hydrogen) atoms. The Labute approximate surface area is 122 Å². The van der Waals surface area contributed by atoms with Gasteiger partial charge in [-0.05, 0) is 25.3 Å². The molecule has 0 radical (unpaired) electrons. The average molecular weight is 286 g/mol. The predicted molar refractivity (Wildman–Crippen MR) is 79.7 cm³/mol. The number of nitrogens with two attached hydrogens (primary N) is 1. The summed E-state index contributed by atoms with van der Waals surface area (Å²) < 4.78 is 0. The maximum Gasteiger partial charge on any atom is 0.231 e. The van der Waals surface area contributed by atoms with Gasteiger partial charge in [0.2, 0.25) is 17.8 Å². The molecule has 8 heteroatoms. The average Bonchev–Trinajstić information content (AvgIpc) is 2.54. The van der Waals surface area contributed by atoms with E-state index in [-0.39, 0.29) is 5.95 Å². The lowest BCUT2D eigenvalue weighted by Crippen LogP contribution is -2.31.